The van der Waals surface area contributed by atoms with Gasteiger partial charge in [0.15, 0.2) is 0 Å². The molecule has 104 valence electrons. The summed E-state index contributed by atoms with van der Waals surface area (Å²) >= 11 is 0. The number of hydrogen-bond donors (Lipinski definition) is 0. The van der Waals surface area contributed by atoms with E-state index in [4.69, 9.17) is 4.74 Å². The van der Waals surface area contributed by atoms with Gasteiger partial charge in [0, 0.05) is 5.92 Å². The zero-order valence-corrected chi connectivity index (χ0v) is 11.9. The number of nitriles is 2. The molecule has 0 amide bonds. The van der Waals surface area contributed by atoms with E-state index in [0.717, 1.165) is 16.9 Å². The number of rotatable bonds is 5. The van der Waals surface area contributed by atoms with Gasteiger partial charge in [-0.1, -0.05) is 42.5 Å². The summed E-state index contributed by atoms with van der Waals surface area (Å²) in [5.41, 5.74) is 2.10. The van der Waals surface area contributed by atoms with Crippen LogP contribution in [0.25, 0.3) is 0 Å². The van der Waals surface area contributed by atoms with Crippen LogP contribution in [0, 0.1) is 28.6 Å². The Hall–Kier alpha value is -2.78. The van der Waals surface area contributed by atoms with Gasteiger partial charge in [-0.25, -0.2) is 0 Å². The van der Waals surface area contributed by atoms with E-state index >= 15 is 0 Å². The van der Waals surface area contributed by atoms with Gasteiger partial charge in [-0.3, -0.25) is 0 Å². The fourth-order valence-electron chi connectivity index (χ4n) is 2.36. The maximum absolute atomic E-state index is 9.24. The molecule has 0 aliphatic rings. The summed E-state index contributed by atoms with van der Waals surface area (Å²) in [6, 6.07) is 21.7. The normalized spacial score (nSPS) is 11.4. The highest BCUT2D eigenvalue weighted by molar-refractivity contribution is 5.33. The van der Waals surface area contributed by atoms with Crippen molar-refractivity contribution in [1.82, 2.24) is 0 Å². The van der Waals surface area contributed by atoms with Gasteiger partial charge in [0.05, 0.1) is 19.2 Å². The Bertz CT molecular complexity index is 636. The molecule has 2 rings (SSSR count). The van der Waals surface area contributed by atoms with Crippen molar-refractivity contribution >= 4 is 0 Å². The number of hydrogen-bond acceptors (Lipinski definition) is 3. The van der Waals surface area contributed by atoms with Crippen molar-refractivity contribution in [3.05, 3.63) is 65.7 Å². The summed E-state index contributed by atoms with van der Waals surface area (Å²) in [5.74, 6) is -0.0467. The average molecular weight is 276 g/mol. The van der Waals surface area contributed by atoms with Gasteiger partial charge in [-0.05, 0) is 29.7 Å². The van der Waals surface area contributed by atoms with Crippen LogP contribution < -0.4 is 4.74 Å². The molecule has 0 radical (unpaired) electrons. The molecule has 21 heavy (non-hydrogen) atoms. The van der Waals surface area contributed by atoms with Crippen LogP contribution in [0.15, 0.2) is 54.6 Å². The van der Waals surface area contributed by atoms with E-state index in [1.165, 1.54) is 0 Å². The Morgan fingerprint density at radius 3 is 2.10 bits per heavy atom. The van der Waals surface area contributed by atoms with Crippen molar-refractivity contribution in [2.24, 2.45) is 5.92 Å². The summed E-state index contributed by atoms with van der Waals surface area (Å²) in [6.07, 6.45) is 0.666. The molecule has 0 aliphatic heterocycles. The second-order valence-corrected chi connectivity index (χ2v) is 4.81. The highest BCUT2D eigenvalue weighted by Crippen LogP contribution is 2.29. The number of ether oxygens (including phenoxy) is 1. The van der Waals surface area contributed by atoms with Crippen LogP contribution in [0.1, 0.15) is 17.0 Å². The van der Waals surface area contributed by atoms with Crippen LogP contribution >= 0.6 is 0 Å². The standard InChI is InChI=1S/C18H16N2O/c1-21-17-9-7-15(8-10-17)18(16(12-19)13-20)11-14-5-3-2-4-6-14/h2-10,16,18H,11H2,1H3. The molecule has 2 aromatic rings. The molecular weight excluding hydrogens is 260 g/mol. The van der Waals surface area contributed by atoms with Gasteiger partial charge in [0.2, 0.25) is 0 Å². The van der Waals surface area contributed by atoms with Crippen molar-refractivity contribution in [1.29, 1.82) is 10.5 Å². The molecule has 0 heterocycles. The van der Waals surface area contributed by atoms with Gasteiger partial charge in [-0.15, -0.1) is 0 Å². The van der Waals surface area contributed by atoms with E-state index in [9.17, 15) is 10.5 Å². The predicted molar refractivity (Wildman–Crippen MR) is 80.6 cm³/mol. The van der Waals surface area contributed by atoms with Crippen molar-refractivity contribution in [2.45, 2.75) is 12.3 Å². The van der Waals surface area contributed by atoms with E-state index in [2.05, 4.69) is 12.1 Å². The summed E-state index contributed by atoms with van der Waals surface area (Å²) in [6.45, 7) is 0. The third-order valence-electron chi connectivity index (χ3n) is 3.52. The van der Waals surface area contributed by atoms with Crippen LogP contribution in [0.4, 0.5) is 0 Å². The van der Waals surface area contributed by atoms with Crippen molar-refractivity contribution < 1.29 is 4.74 Å². The number of nitrogens with zero attached hydrogens (tertiary/aromatic N) is 2. The maximum atomic E-state index is 9.24. The predicted octanol–water partition coefficient (Wildman–Crippen LogP) is 3.68. The first kappa shape index (κ1) is 14.6. The monoisotopic (exact) mass is 276 g/mol. The van der Waals surface area contributed by atoms with Gasteiger partial charge >= 0.3 is 0 Å². The Kier molecular flexibility index (Phi) is 4.96. The largest absolute Gasteiger partial charge is 0.497 e. The van der Waals surface area contributed by atoms with E-state index in [0.29, 0.717) is 6.42 Å². The molecule has 1 atom stereocenters. The van der Waals surface area contributed by atoms with Crippen molar-refractivity contribution in [3.8, 4) is 17.9 Å². The lowest BCUT2D eigenvalue weighted by Crippen LogP contribution is -2.12. The average Bonchev–Trinajstić information content (AvgIpc) is 2.56. The fraction of sp³-hybridized carbons (Fsp3) is 0.222. The lowest BCUT2D eigenvalue weighted by Gasteiger charge is -2.18. The Labute approximate surface area is 125 Å². The lowest BCUT2D eigenvalue weighted by molar-refractivity contribution is 0.414. The first-order valence-corrected chi connectivity index (χ1v) is 6.75. The molecular formula is C18H16N2O. The topological polar surface area (TPSA) is 56.8 Å². The minimum Gasteiger partial charge on any atom is -0.497 e. The van der Waals surface area contributed by atoms with Gasteiger partial charge < -0.3 is 4.74 Å². The molecule has 2 aromatic carbocycles. The maximum Gasteiger partial charge on any atom is 0.140 e. The third-order valence-corrected chi connectivity index (χ3v) is 3.52. The zero-order valence-electron chi connectivity index (χ0n) is 11.9. The van der Waals surface area contributed by atoms with Crippen LogP contribution in [0.5, 0.6) is 5.75 Å². The summed E-state index contributed by atoms with van der Waals surface area (Å²) in [7, 11) is 1.61. The SMILES string of the molecule is COc1ccc(C(Cc2ccccc2)C(C#N)C#N)cc1. The Morgan fingerprint density at radius 2 is 1.57 bits per heavy atom. The van der Waals surface area contributed by atoms with Crippen molar-refractivity contribution in [3.63, 3.8) is 0 Å². The van der Waals surface area contributed by atoms with Gasteiger partial charge in [0.25, 0.3) is 0 Å². The second-order valence-electron chi connectivity index (χ2n) is 4.81. The Morgan fingerprint density at radius 1 is 0.952 bits per heavy atom. The molecule has 0 bridgehead atoms. The number of methoxy groups -OCH3 is 1. The smallest absolute Gasteiger partial charge is 0.140 e. The minimum absolute atomic E-state index is 0.145. The van der Waals surface area contributed by atoms with Crippen LogP contribution in [0.3, 0.4) is 0 Å². The van der Waals surface area contributed by atoms with E-state index in [1.807, 2.05) is 54.6 Å². The van der Waals surface area contributed by atoms with E-state index < -0.39 is 5.92 Å². The highest BCUT2D eigenvalue weighted by atomic mass is 16.5. The molecule has 0 fully saturated rings. The Balaban J connectivity index is 2.31. The lowest BCUT2D eigenvalue weighted by atomic mass is 9.83. The molecule has 0 N–H and O–H groups in total. The first-order chi connectivity index (χ1) is 10.3. The molecule has 0 saturated heterocycles. The summed E-state index contributed by atoms with van der Waals surface area (Å²) in [4.78, 5) is 0. The molecule has 0 spiro atoms. The zero-order chi connectivity index (χ0) is 15.1. The molecule has 3 nitrogen and oxygen atoms in total. The molecule has 3 heteroatoms. The number of benzene rings is 2. The first-order valence-electron chi connectivity index (χ1n) is 6.75. The summed E-state index contributed by atoms with van der Waals surface area (Å²) in [5, 5.41) is 18.5. The second kappa shape index (κ2) is 7.12. The van der Waals surface area contributed by atoms with E-state index in [1.54, 1.807) is 7.11 Å². The quantitative estimate of drug-likeness (QED) is 0.837. The van der Waals surface area contributed by atoms with Gasteiger partial charge in [-0.2, -0.15) is 10.5 Å². The molecule has 0 saturated carbocycles. The van der Waals surface area contributed by atoms with E-state index in [-0.39, 0.29) is 5.92 Å². The van der Waals surface area contributed by atoms with Crippen LogP contribution in [-0.4, -0.2) is 7.11 Å². The minimum atomic E-state index is -0.668. The highest BCUT2D eigenvalue weighted by Gasteiger charge is 2.23. The third kappa shape index (κ3) is 3.61. The summed E-state index contributed by atoms with van der Waals surface area (Å²) < 4.78 is 5.15. The fourth-order valence-corrected chi connectivity index (χ4v) is 2.36. The van der Waals surface area contributed by atoms with Crippen LogP contribution in [-0.2, 0) is 6.42 Å². The molecule has 0 aromatic heterocycles. The molecule has 1 unspecified atom stereocenters. The molecule has 0 aliphatic carbocycles. The van der Waals surface area contributed by atoms with Gasteiger partial charge in [0.1, 0.15) is 11.7 Å². The van der Waals surface area contributed by atoms with Crippen molar-refractivity contribution in [2.75, 3.05) is 7.11 Å². The van der Waals surface area contributed by atoms with Crippen LogP contribution in [0.2, 0.25) is 0 Å².